The molecule has 2 aromatic carbocycles. The van der Waals surface area contributed by atoms with Crippen molar-refractivity contribution in [1.29, 1.82) is 0 Å². The molecule has 4 nitrogen and oxygen atoms in total. The lowest BCUT2D eigenvalue weighted by molar-refractivity contribution is -0.119. The summed E-state index contributed by atoms with van der Waals surface area (Å²) >= 11 is 5.96. The van der Waals surface area contributed by atoms with Gasteiger partial charge in [-0.2, -0.15) is 0 Å². The van der Waals surface area contributed by atoms with Gasteiger partial charge in [0.1, 0.15) is 5.25 Å². The monoisotopic (exact) mass is 370 g/mol. The van der Waals surface area contributed by atoms with Crippen LogP contribution in [0.3, 0.4) is 0 Å². The average Bonchev–Trinajstić information content (AvgIpc) is 3.07. The standard InChI is InChI=1S/C19H15ClN2O2S/c1-25-17(18(23)21-19(25)24)15-11-22(16-5-3-2-4-14(15)16)10-12-6-8-13(20)9-7-12/h2-9,11,17H,1,10H2,(H,21,23,24). The number of benzene rings is 2. The number of nitrogens with one attached hydrogen (secondary N) is 1. The van der Waals surface area contributed by atoms with Crippen LogP contribution in [0.15, 0.2) is 54.7 Å². The first-order valence-corrected chi connectivity index (χ1v) is 9.58. The van der Waals surface area contributed by atoms with Crippen LogP contribution in [0.4, 0.5) is 4.79 Å². The number of aromatic nitrogens is 1. The minimum Gasteiger partial charge on any atom is -0.343 e. The summed E-state index contributed by atoms with van der Waals surface area (Å²) in [6.45, 7) is 0.658. The van der Waals surface area contributed by atoms with E-state index in [0.717, 1.165) is 22.0 Å². The third-order valence-corrected chi connectivity index (χ3v) is 6.22. The van der Waals surface area contributed by atoms with Crippen molar-refractivity contribution in [2.45, 2.75) is 11.8 Å². The molecule has 1 N–H and O–H groups in total. The Balaban J connectivity index is 1.81. The van der Waals surface area contributed by atoms with Crippen molar-refractivity contribution in [1.82, 2.24) is 9.88 Å². The molecule has 6 heteroatoms. The first kappa shape index (κ1) is 16.1. The van der Waals surface area contributed by atoms with Gasteiger partial charge in [-0.1, -0.05) is 58.3 Å². The van der Waals surface area contributed by atoms with Gasteiger partial charge in [0, 0.05) is 34.2 Å². The number of imide groups is 1. The largest absolute Gasteiger partial charge is 0.343 e. The third-order valence-electron chi connectivity index (χ3n) is 4.35. The molecule has 2 atom stereocenters. The molecule has 0 radical (unpaired) electrons. The van der Waals surface area contributed by atoms with Gasteiger partial charge in [-0.25, -0.2) is 0 Å². The van der Waals surface area contributed by atoms with Crippen LogP contribution in [0, 0.1) is 0 Å². The predicted molar refractivity (Wildman–Crippen MR) is 103 cm³/mol. The van der Waals surface area contributed by atoms with Gasteiger partial charge >= 0.3 is 0 Å². The Labute approximate surface area is 152 Å². The van der Waals surface area contributed by atoms with Gasteiger partial charge in [0.25, 0.3) is 5.24 Å². The van der Waals surface area contributed by atoms with E-state index in [9.17, 15) is 9.59 Å². The molecule has 0 spiro atoms. The fraction of sp³-hybridized carbons (Fsp3) is 0.105. The van der Waals surface area contributed by atoms with Crippen LogP contribution in [0.5, 0.6) is 0 Å². The lowest BCUT2D eigenvalue weighted by Crippen LogP contribution is -2.20. The summed E-state index contributed by atoms with van der Waals surface area (Å²) in [5, 5.41) is 3.26. The lowest BCUT2D eigenvalue weighted by Gasteiger charge is -2.06. The molecule has 2 unspecified atom stereocenters. The first-order chi connectivity index (χ1) is 12.0. The number of rotatable bonds is 3. The second-order valence-electron chi connectivity index (χ2n) is 5.94. The number of carbonyl (C=O) groups is 2. The quantitative estimate of drug-likeness (QED) is 0.697. The van der Waals surface area contributed by atoms with Gasteiger partial charge in [0.05, 0.1) is 0 Å². The summed E-state index contributed by atoms with van der Waals surface area (Å²) in [4.78, 5) is 24.1. The van der Waals surface area contributed by atoms with Gasteiger partial charge in [0.2, 0.25) is 5.91 Å². The minimum atomic E-state index is -0.909. The van der Waals surface area contributed by atoms with Crippen molar-refractivity contribution >= 4 is 50.0 Å². The third kappa shape index (κ3) is 2.79. The second kappa shape index (κ2) is 6.17. The van der Waals surface area contributed by atoms with E-state index in [-0.39, 0.29) is 11.1 Å². The Morgan fingerprint density at radius 1 is 1.12 bits per heavy atom. The maximum absolute atomic E-state index is 12.3. The number of hydrogen-bond donors (Lipinski definition) is 1. The number of amides is 2. The van der Waals surface area contributed by atoms with Gasteiger partial charge in [-0.3, -0.25) is 14.9 Å². The van der Waals surface area contributed by atoms with Crippen molar-refractivity contribution in [3.63, 3.8) is 0 Å². The highest BCUT2D eigenvalue weighted by molar-refractivity contribution is 8.28. The van der Waals surface area contributed by atoms with Gasteiger partial charge < -0.3 is 4.57 Å². The van der Waals surface area contributed by atoms with Crippen molar-refractivity contribution in [2.75, 3.05) is 0 Å². The second-order valence-corrected chi connectivity index (χ2v) is 8.08. The minimum absolute atomic E-state index is 0.266. The van der Waals surface area contributed by atoms with E-state index in [2.05, 4.69) is 15.8 Å². The van der Waals surface area contributed by atoms with E-state index in [4.69, 9.17) is 11.6 Å². The maximum atomic E-state index is 12.3. The molecule has 0 saturated carbocycles. The summed E-state index contributed by atoms with van der Waals surface area (Å²) in [6, 6.07) is 15.6. The number of carbonyl (C=O) groups excluding carboxylic acids is 2. The molecule has 25 heavy (non-hydrogen) atoms. The normalized spacial score (nSPS) is 20.2. The number of para-hydroxylation sites is 1. The predicted octanol–water partition coefficient (Wildman–Crippen LogP) is 4.33. The molecule has 4 rings (SSSR count). The molecule has 1 fully saturated rings. The molecule has 2 amide bonds. The SMILES string of the molecule is C=S1C(=O)NC(=O)C1c1cn(Cc2ccc(Cl)cc2)c2ccccc12. The summed E-state index contributed by atoms with van der Waals surface area (Å²) < 4.78 is 2.10. The Kier molecular flexibility index (Phi) is 3.98. The van der Waals surface area contributed by atoms with Crippen LogP contribution >= 0.6 is 22.1 Å². The van der Waals surface area contributed by atoms with Gasteiger partial charge in [-0.15, -0.1) is 0 Å². The zero-order valence-corrected chi connectivity index (χ0v) is 14.8. The molecule has 0 aliphatic carbocycles. The number of hydrogen-bond acceptors (Lipinski definition) is 2. The van der Waals surface area contributed by atoms with E-state index in [0.29, 0.717) is 11.6 Å². The molecule has 1 aromatic heterocycles. The molecule has 1 aliphatic rings. The van der Waals surface area contributed by atoms with Crippen LogP contribution in [0.2, 0.25) is 5.02 Å². The maximum Gasteiger partial charge on any atom is 0.280 e. The summed E-state index contributed by atoms with van der Waals surface area (Å²) in [6.07, 6.45) is 1.97. The zero-order chi connectivity index (χ0) is 17.6. The summed E-state index contributed by atoms with van der Waals surface area (Å²) in [5.41, 5.74) is 2.99. The first-order valence-electron chi connectivity index (χ1n) is 7.74. The molecule has 3 aromatic rings. The molecule has 1 aliphatic heterocycles. The Morgan fingerprint density at radius 2 is 1.84 bits per heavy atom. The number of nitrogens with zero attached hydrogens (tertiary/aromatic N) is 1. The van der Waals surface area contributed by atoms with Crippen LogP contribution < -0.4 is 5.32 Å². The smallest absolute Gasteiger partial charge is 0.280 e. The highest BCUT2D eigenvalue weighted by atomic mass is 35.5. The highest BCUT2D eigenvalue weighted by Gasteiger charge is 2.36. The number of fused-ring (bicyclic) bond motifs is 1. The lowest BCUT2D eigenvalue weighted by atomic mass is 10.1. The van der Waals surface area contributed by atoms with E-state index in [1.54, 1.807) is 0 Å². The molecular weight excluding hydrogens is 356 g/mol. The highest BCUT2D eigenvalue weighted by Crippen LogP contribution is 2.42. The van der Waals surface area contributed by atoms with Crippen molar-refractivity contribution < 1.29 is 9.59 Å². The van der Waals surface area contributed by atoms with Crippen molar-refractivity contribution in [3.8, 4) is 0 Å². The zero-order valence-electron chi connectivity index (χ0n) is 13.2. The molecule has 2 heterocycles. The molecule has 126 valence electrons. The topological polar surface area (TPSA) is 51.1 Å². The fourth-order valence-corrected chi connectivity index (χ4v) is 4.55. The van der Waals surface area contributed by atoms with Crippen LogP contribution in [0.25, 0.3) is 10.9 Å². The van der Waals surface area contributed by atoms with Crippen LogP contribution in [-0.2, 0) is 11.3 Å². The van der Waals surface area contributed by atoms with E-state index >= 15 is 0 Å². The molecule has 0 bridgehead atoms. The van der Waals surface area contributed by atoms with Crippen molar-refractivity contribution in [2.24, 2.45) is 0 Å². The average molecular weight is 371 g/mol. The van der Waals surface area contributed by atoms with Crippen molar-refractivity contribution in [3.05, 3.63) is 70.9 Å². The Morgan fingerprint density at radius 3 is 2.52 bits per heavy atom. The van der Waals surface area contributed by atoms with Gasteiger partial charge in [0.15, 0.2) is 0 Å². The molecule has 1 saturated heterocycles. The Hall–Kier alpha value is -2.37. The fourth-order valence-electron chi connectivity index (χ4n) is 3.16. The van der Waals surface area contributed by atoms with E-state index in [1.165, 1.54) is 0 Å². The summed E-state index contributed by atoms with van der Waals surface area (Å²) in [7, 11) is -0.909. The van der Waals surface area contributed by atoms with Crippen LogP contribution in [-0.4, -0.2) is 21.6 Å². The number of halogens is 1. The van der Waals surface area contributed by atoms with E-state index in [1.807, 2.05) is 54.7 Å². The molecular formula is C19H15ClN2O2S. The van der Waals surface area contributed by atoms with Gasteiger partial charge in [-0.05, 0) is 23.8 Å². The summed E-state index contributed by atoms with van der Waals surface area (Å²) in [5.74, 6) is 3.64. The van der Waals surface area contributed by atoms with E-state index < -0.39 is 15.7 Å². The van der Waals surface area contributed by atoms with Crippen LogP contribution in [0.1, 0.15) is 16.4 Å². The Bertz CT molecular complexity index is 1020.